The molecule has 13 heteroatoms. The molecule has 0 aliphatic carbocycles. The van der Waals surface area contributed by atoms with E-state index in [0.717, 1.165) is 5.56 Å². The molecule has 4 rings (SSSR count). The number of ether oxygens (including phenoxy) is 2. The minimum Gasteiger partial charge on any atom is -0.494 e. The summed E-state index contributed by atoms with van der Waals surface area (Å²) in [5.74, 6) is 1.56. The fourth-order valence-corrected chi connectivity index (χ4v) is 4.39. The van der Waals surface area contributed by atoms with Crippen LogP contribution in [0.1, 0.15) is 18.3 Å². The lowest BCUT2D eigenvalue weighted by molar-refractivity contribution is 0.391. The van der Waals surface area contributed by atoms with Crippen LogP contribution >= 0.6 is 0 Å². The summed E-state index contributed by atoms with van der Waals surface area (Å²) in [6, 6.07) is 6.98. The lowest BCUT2D eigenvalue weighted by Crippen LogP contribution is -2.29. The van der Waals surface area contributed by atoms with Crippen LogP contribution in [0.3, 0.4) is 0 Å². The molecule has 0 saturated carbocycles. The molecule has 0 spiro atoms. The molecule has 0 radical (unpaired) electrons. The molecule has 35 heavy (non-hydrogen) atoms. The molecule has 1 aromatic carbocycles. The van der Waals surface area contributed by atoms with Crippen molar-refractivity contribution in [2.24, 2.45) is 7.05 Å². The van der Waals surface area contributed by atoms with E-state index in [2.05, 4.69) is 30.0 Å². The summed E-state index contributed by atoms with van der Waals surface area (Å²) in [6.07, 6.45) is 5.17. The lowest BCUT2D eigenvalue weighted by atomic mass is 10.2. The summed E-state index contributed by atoms with van der Waals surface area (Å²) in [5.41, 5.74) is 1.80. The topological polar surface area (TPSA) is 139 Å². The SMILES string of the molecule is COc1cccc(OC)c1-n1c(NS(=O)(=O)[C@H](C)Cc2ncc(C)cn2)nnc1-c1ccn(C)n1. The maximum absolute atomic E-state index is 13.3. The van der Waals surface area contributed by atoms with Gasteiger partial charge in [-0.1, -0.05) is 6.07 Å². The number of hydrogen-bond acceptors (Lipinski definition) is 9. The Balaban J connectivity index is 1.79. The van der Waals surface area contributed by atoms with Crippen molar-refractivity contribution in [1.29, 1.82) is 0 Å². The molecule has 0 unspecified atom stereocenters. The minimum absolute atomic E-state index is 0.0369. The molecule has 3 heterocycles. The molecular weight excluding hydrogens is 472 g/mol. The number of hydrogen-bond donors (Lipinski definition) is 1. The van der Waals surface area contributed by atoms with E-state index >= 15 is 0 Å². The largest absolute Gasteiger partial charge is 0.494 e. The Morgan fingerprint density at radius 2 is 1.71 bits per heavy atom. The third-order valence-corrected chi connectivity index (χ3v) is 6.99. The fourth-order valence-electron chi connectivity index (χ4n) is 3.43. The number of aryl methyl sites for hydroxylation is 2. The first-order valence-corrected chi connectivity index (χ1v) is 12.2. The van der Waals surface area contributed by atoms with E-state index in [1.54, 1.807) is 61.5 Å². The van der Waals surface area contributed by atoms with E-state index in [4.69, 9.17) is 9.47 Å². The van der Waals surface area contributed by atoms with Gasteiger partial charge in [-0.05, 0) is 37.6 Å². The van der Waals surface area contributed by atoms with Crippen LogP contribution in [0.5, 0.6) is 11.5 Å². The van der Waals surface area contributed by atoms with Gasteiger partial charge in [0.05, 0.1) is 19.5 Å². The zero-order valence-corrected chi connectivity index (χ0v) is 20.8. The van der Waals surface area contributed by atoms with Gasteiger partial charge in [0.2, 0.25) is 16.0 Å². The molecule has 0 saturated heterocycles. The predicted molar refractivity (Wildman–Crippen MR) is 129 cm³/mol. The van der Waals surface area contributed by atoms with Crippen LogP contribution in [-0.4, -0.2) is 62.4 Å². The van der Waals surface area contributed by atoms with E-state index < -0.39 is 15.3 Å². The number of aromatic nitrogens is 7. The normalized spacial score (nSPS) is 12.4. The second kappa shape index (κ2) is 9.70. The summed E-state index contributed by atoms with van der Waals surface area (Å²) >= 11 is 0. The first-order chi connectivity index (χ1) is 16.7. The Labute approximate surface area is 203 Å². The van der Waals surface area contributed by atoms with Gasteiger partial charge in [0.1, 0.15) is 28.7 Å². The quantitative estimate of drug-likeness (QED) is 0.368. The van der Waals surface area contributed by atoms with Crippen LogP contribution in [0.2, 0.25) is 0 Å². The highest BCUT2D eigenvalue weighted by Crippen LogP contribution is 2.37. The molecule has 1 atom stereocenters. The maximum atomic E-state index is 13.3. The first-order valence-electron chi connectivity index (χ1n) is 10.7. The summed E-state index contributed by atoms with van der Waals surface area (Å²) < 4.78 is 43.4. The smallest absolute Gasteiger partial charge is 0.243 e. The van der Waals surface area contributed by atoms with Crippen molar-refractivity contribution in [3.8, 4) is 28.7 Å². The predicted octanol–water partition coefficient (Wildman–Crippen LogP) is 2.16. The molecule has 184 valence electrons. The number of sulfonamides is 1. The van der Waals surface area contributed by atoms with E-state index in [0.29, 0.717) is 34.5 Å². The van der Waals surface area contributed by atoms with Gasteiger partial charge in [-0.15, -0.1) is 10.2 Å². The highest BCUT2D eigenvalue weighted by molar-refractivity contribution is 7.93. The van der Waals surface area contributed by atoms with Crippen LogP contribution in [0.4, 0.5) is 5.95 Å². The van der Waals surface area contributed by atoms with Gasteiger partial charge in [0, 0.05) is 32.1 Å². The average Bonchev–Trinajstić information content (AvgIpc) is 3.45. The molecule has 12 nitrogen and oxygen atoms in total. The summed E-state index contributed by atoms with van der Waals surface area (Å²) in [7, 11) is 0.876. The van der Waals surface area contributed by atoms with Crippen LogP contribution in [0.25, 0.3) is 17.2 Å². The highest BCUT2D eigenvalue weighted by atomic mass is 32.2. The molecule has 4 aromatic rings. The van der Waals surface area contributed by atoms with Crippen molar-refractivity contribution >= 4 is 16.0 Å². The van der Waals surface area contributed by atoms with Crippen molar-refractivity contribution in [2.45, 2.75) is 25.5 Å². The van der Waals surface area contributed by atoms with Gasteiger partial charge in [-0.2, -0.15) is 5.10 Å². The van der Waals surface area contributed by atoms with Crippen molar-refractivity contribution < 1.29 is 17.9 Å². The van der Waals surface area contributed by atoms with Gasteiger partial charge in [-0.3, -0.25) is 14.0 Å². The zero-order valence-electron chi connectivity index (χ0n) is 20.0. The lowest BCUT2D eigenvalue weighted by Gasteiger charge is -2.18. The minimum atomic E-state index is -3.92. The third kappa shape index (κ3) is 4.94. The second-order valence-corrected chi connectivity index (χ2v) is 10.0. The summed E-state index contributed by atoms with van der Waals surface area (Å²) in [5, 5.41) is 11.9. The van der Waals surface area contributed by atoms with Gasteiger partial charge < -0.3 is 9.47 Å². The molecule has 0 fully saturated rings. The van der Waals surface area contributed by atoms with Crippen LogP contribution in [-0.2, 0) is 23.5 Å². The molecule has 3 aromatic heterocycles. The van der Waals surface area contributed by atoms with Crippen molar-refractivity contribution in [1.82, 2.24) is 34.5 Å². The van der Waals surface area contributed by atoms with Crippen LogP contribution in [0.15, 0.2) is 42.9 Å². The molecule has 0 amide bonds. The highest BCUT2D eigenvalue weighted by Gasteiger charge is 2.29. The van der Waals surface area contributed by atoms with Gasteiger partial charge >= 0.3 is 0 Å². The van der Waals surface area contributed by atoms with E-state index in [1.807, 2.05) is 6.92 Å². The number of para-hydroxylation sites is 1. The van der Waals surface area contributed by atoms with E-state index in [9.17, 15) is 8.42 Å². The monoisotopic (exact) mass is 498 g/mol. The number of anilines is 1. The van der Waals surface area contributed by atoms with Crippen LogP contribution in [0, 0.1) is 6.92 Å². The Bertz CT molecular complexity index is 1410. The number of nitrogens with zero attached hydrogens (tertiary/aromatic N) is 7. The Hall–Kier alpha value is -4.00. The standard InChI is InChI=1S/C22H26N8O4S/c1-14-12-23-19(24-13-14)11-15(2)35(31,32)28-22-26-25-21(16-9-10-29(3)27-16)30(22)20-17(33-4)7-6-8-18(20)34-5/h6-10,12-13,15H,11H2,1-5H3,(H,26,28)/t15-/m1/s1. The Morgan fingerprint density at radius 3 is 2.29 bits per heavy atom. The van der Waals surface area contributed by atoms with Crippen molar-refractivity contribution in [2.75, 3.05) is 18.9 Å². The molecular formula is C22H26N8O4S. The van der Waals surface area contributed by atoms with Gasteiger partial charge in [-0.25, -0.2) is 18.4 Å². The number of methoxy groups -OCH3 is 2. The summed E-state index contributed by atoms with van der Waals surface area (Å²) in [4.78, 5) is 8.43. The van der Waals surface area contributed by atoms with E-state index in [1.165, 1.54) is 18.8 Å². The number of rotatable bonds is 9. The van der Waals surface area contributed by atoms with Gasteiger partial charge in [0.15, 0.2) is 5.82 Å². The third-order valence-electron chi connectivity index (χ3n) is 5.30. The molecule has 0 aliphatic heterocycles. The number of benzene rings is 1. The molecule has 0 aliphatic rings. The Morgan fingerprint density at radius 1 is 1.06 bits per heavy atom. The fraction of sp³-hybridized carbons (Fsp3) is 0.318. The maximum Gasteiger partial charge on any atom is 0.243 e. The van der Waals surface area contributed by atoms with Crippen LogP contribution < -0.4 is 14.2 Å². The summed E-state index contributed by atoms with van der Waals surface area (Å²) in [6.45, 7) is 3.44. The van der Waals surface area contributed by atoms with Crippen molar-refractivity contribution in [3.05, 3.63) is 54.2 Å². The molecule has 0 bridgehead atoms. The van der Waals surface area contributed by atoms with Crippen molar-refractivity contribution in [3.63, 3.8) is 0 Å². The zero-order chi connectivity index (χ0) is 25.2. The average molecular weight is 499 g/mol. The molecule has 1 N–H and O–H groups in total. The van der Waals surface area contributed by atoms with E-state index in [-0.39, 0.29) is 12.4 Å². The number of nitrogens with one attached hydrogen (secondary N) is 1. The van der Waals surface area contributed by atoms with Gasteiger partial charge in [0.25, 0.3) is 0 Å². The Kier molecular flexibility index (Phi) is 6.69. The first kappa shape index (κ1) is 24.1. The second-order valence-electron chi connectivity index (χ2n) is 7.91.